The van der Waals surface area contributed by atoms with E-state index in [0.717, 1.165) is 0 Å². The van der Waals surface area contributed by atoms with Crippen LogP contribution >= 0.6 is 0 Å². The summed E-state index contributed by atoms with van der Waals surface area (Å²) >= 11 is 0. The minimum absolute atomic E-state index is 0.158. The second-order valence-electron chi connectivity index (χ2n) is 3.28. The second kappa shape index (κ2) is 4.47. The zero-order valence-corrected chi connectivity index (χ0v) is 8.55. The molecule has 0 saturated heterocycles. The van der Waals surface area contributed by atoms with Crippen LogP contribution in [0, 0.1) is 0 Å². The molecule has 0 fully saturated rings. The Morgan fingerprint density at radius 1 is 1.56 bits per heavy atom. The first-order valence-electron chi connectivity index (χ1n) is 4.80. The fourth-order valence-corrected chi connectivity index (χ4v) is 1.26. The van der Waals surface area contributed by atoms with Gasteiger partial charge in [0.2, 0.25) is 0 Å². The van der Waals surface area contributed by atoms with Gasteiger partial charge in [-0.15, -0.1) is 0 Å². The molecule has 2 aromatic heterocycles. The Labute approximate surface area is 91.6 Å². The highest BCUT2D eigenvalue weighted by Crippen LogP contribution is 1.97. The molecule has 7 heteroatoms. The van der Waals surface area contributed by atoms with Crippen LogP contribution in [0.4, 0.5) is 5.69 Å². The average Bonchev–Trinajstić information content (AvgIpc) is 2.89. The number of carbonyl (C=O) groups excluding carboxylic acids is 1. The van der Waals surface area contributed by atoms with Crippen LogP contribution in [0.25, 0.3) is 0 Å². The van der Waals surface area contributed by atoms with Crippen LogP contribution in [0.3, 0.4) is 0 Å². The molecule has 1 amide bonds. The molecule has 16 heavy (non-hydrogen) atoms. The van der Waals surface area contributed by atoms with E-state index in [-0.39, 0.29) is 5.91 Å². The second-order valence-corrected chi connectivity index (χ2v) is 3.28. The molecule has 2 heterocycles. The van der Waals surface area contributed by atoms with Crippen LogP contribution in [0.15, 0.2) is 24.8 Å². The van der Waals surface area contributed by atoms with Gasteiger partial charge in [0.25, 0.3) is 5.91 Å². The summed E-state index contributed by atoms with van der Waals surface area (Å²) < 4.78 is 1.67. The van der Waals surface area contributed by atoms with Gasteiger partial charge in [-0.1, -0.05) is 0 Å². The number of nitrogens with two attached hydrogens (primary N) is 1. The molecule has 84 valence electrons. The number of nitrogen functional groups attached to an aromatic ring is 1. The molecule has 0 saturated carbocycles. The predicted octanol–water partition coefficient (Wildman–Crippen LogP) is -0.382. The highest BCUT2D eigenvalue weighted by atomic mass is 16.1. The summed E-state index contributed by atoms with van der Waals surface area (Å²) in [6.45, 7) is 1.08. The van der Waals surface area contributed by atoms with Gasteiger partial charge in [0.1, 0.15) is 0 Å². The first kappa shape index (κ1) is 10.2. The van der Waals surface area contributed by atoms with E-state index in [1.165, 1.54) is 6.20 Å². The van der Waals surface area contributed by atoms with Crippen LogP contribution in [0.1, 0.15) is 10.4 Å². The lowest BCUT2D eigenvalue weighted by molar-refractivity contribution is 0.0952. The lowest BCUT2D eigenvalue weighted by Gasteiger charge is -2.03. The number of hydrogen-bond donors (Lipinski definition) is 3. The molecule has 0 aliphatic rings. The van der Waals surface area contributed by atoms with Crippen molar-refractivity contribution < 1.29 is 4.79 Å². The van der Waals surface area contributed by atoms with Crippen LogP contribution in [0.2, 0.25) is 0 Å². The molecule has 0 spiro atoms. The Hall–Kier alpha value is -2.31. The standard InChI is InChI=1S/C9H12N6O/c10-8-5-14-15(6-8)2-1-11-9(16)7-3-12-13-4-7/h3-6H,1-2,10H2,(H,11,16)(H,12,13). The lowest BCUT2D eigenvalue weighted by atomic mass is 10.3. The van der Waals surface area contributed by atoms with Gasteiger partial charge in [-0.05, 0) is 0 Å². The Kier molecular flexibility index (Phi) is 2.86. The summed E-state index contributed by atoms with van der Waals surface area (Å²) in [5, 5.41) is 13.0. The summed E-state index contributed by atoms with van der Waals surface area (Å²) in [6, 6.07) is 0. The van der Waals surface area contributed by atoms with E-state index in [1.807, 2.05) is 0 Å². The molecular formula is C9H12N6O. The minimum Gasteiger partial charge on any atom is -0.396 e. The number of aromatic amines is 1. The number of rotatable bonds is 4. The number of anilines is 1. The summed E-state index contributed by atoms with van der Waals surface area (Å²) in [4.78, 5) is 11.5. The predicted molar refractivity (Wildman–Crippen MR) is 57.6 cm³/mol. The van der Waals surface area contributed by atoms with Gasteiger partial charge in [0.15, 0.2) is 0 Å². The molecule has 4 N–H and O–H groups in total. The number of H-pyrrole nitrogens is 1. The van der Waals surface area contributed by atoms with Crippen molar-refractivity contribution in [3.63, 3.8) is 0 Å². The molecule has 0 atom stereocenters. The van der Waals surface area contributed by atoms with Gasteiger partial charge in [0, 0.05) is 18.9 Å². The third-order valence-electron chi connectivity index (χ3n) is 2.04. The highest BCUT2D eigenvalue weighted by molar-refractivity contribution is 5.93. The molecular weight excluding hydrogens is 208 g/mol. The molecule has 0 radical (unpaired) electrons. The molecule has 2 rings (SSSR count). The van der Waals surface area contributed by atoms with Crippen molar-refractivity contribution in [3.8, 4) is 0 Å². The Morgan fingerprint density at radius 3 is 3.06 bits per heavy atom. The number of hydrogen-bond acceptors (Lipinski definition) is 4. The Bertz CT molecular complexity index is 460. The zero-order chi connectivity index (χ0) is 11.4. The molecule has 7 nitrogen and oxygen atoms in total. The molecule has 0 bridgehead atoms. The van der Waals surface area contributed by atoms with Crippen molar-refractivity contribution in [1.29, 1.82) is 0 Å². The number of amides is 1. The van der Waals surface area contributed by atoms with Crippen molar-refractivity contribution >= 4 is 11.6 Å². The van der Waals surface area contributed by atoms with E-state index in [4.69, 9.17) is 5.73 Å². The fraction of sp³-hybridized carbons (Fsp3) is 0.222. The first-order valence-corrected chi connectivity index (χ1v) is 4.80. The van der Waals surface area contributed by atoms with E-state index >= 15 is 0 Å². The maximum absolute atomic E-state index is 11.5. The van der Waals surface area contributed by atoms with E-state index in [1.54, 1.807) is 23.3 Å². The summed E-state index contributed by atoms with van der Waals surface area (Å²) in [7, 11) is 0. The first-order chi connectivity index (χ1) is 7.75. The number of carbonyl (C=O) groups is 1. The minimum atomic E-state index is -0.158. The average molecular weight is 220 g/mol. The Morgan fingerprint density at radius 2 is 2.44 bits per heavy atom. The van der Waals surface area contributed by atoms with Crippen molar-refractivity contribution in [1.82, 2.24) is 25.3 Å². The van der Waals surface area contributed by atoms with E-state index < -0.39 is 0 Å². The molecule has 0 aromatic carbocycles. The van der Waals surface area contributed by atoms with Crippen LogP contribution in [-0.4, -0.2) is 32.4 Å². The Balaban J connectivity index is 1.78. The third-order valence-corrected chi connectivity index (χ3v) is 2.04. The van der Waals surface area contributed by atoms with E-state index in [0.29, 0.717) is 24.3 Å². The van der Waals surface area contributed by atoms with Gasteiger partial charge in [0.05, 0.1) is 30.2 Å². The summed E-state index contributed by atoms with van der Waals surface area (Å²) in [5.74, 6) is -0.158. The van der Waals surface area contributed by atoms with E-state index in [2.05, 4.69) is 20.6 Å². The normalized spacial score (nSPS) is 10.2. The molecule has 0 unspecified atom stereocenters. The zero-order valence-electron chi connectivity index (χ0n) is 8.55. The van der Waals surface area contributed by atoms with Crippen molar-refractivity contribution in [2.75, 3.05) is 12.3 Å². The molecule has 0 aliphatic heterocycles. The van der Waals surface area contributed by atoms with Crippen molar-refractivity contribution in [3.05, 3.63) is 30.4 Å². The summed E-state index contributed by atoms with van der Waals surface area (Å²) in [6.07, 6.45) is 6.30. The van der Waals surface area contributed by atoms with Gasteiger partial charge >= 0.3 is 0 Å². The largest absolute Gasteiger partial charge is 0.396 e. The number of nitrogens with zero attached hydrogens (tertiary/aromatic N) is 3. The smallest absolute Gasteiger partial charge is 0.254 e. The maximum atomic E-state index is 11.5. The van der Waals surface area contributed by atoms with Crippen molar-refractivity contribution in [2.24, 2.45) is 0 Å². The lowest BCUT2D eigenvalue weighted by Crippen LogP contribution is -2.27. The molecule has 0 aliphatic carbocycles. The quantitative estimate of drug-likeness (QED) is 0.653. The van der Waals surface area contributed by atoms with Crippen LogP contribution < -0.4 is 11.1 Å². The monoisotopic (exact) mass is 220 g/mol. The highest BCUT2D eigenvalue weighted by Gasteiger charge is 2.05. The van der Waals surface area contributed by atoms with Gasteiger partial charge in [-0.3, -0.25) is 14.6 Å². The SMILES string of the molecule is Nc1cnn(CCNC(=O)c2cn[nH]c2)c1. The third kappa shape index (κ3) is 2.38. The van der Waals surface area contributed by atoms with E-state index in [9.17, 15) is 4.79 Å². The van der Waals surface area contributed by atoms with Gasteiger partial charge in [-0.25, -0.2) is 0 Å². The van der Waals surface area contributed by atoms with Crippen LogP contribution in [-0.2, 0) is 6.54 Å². The topological polar surface area (TPSA) is 102 Å². The summed E-state index contributed by atoms with van der Waals surface area (Å²) in [5.41, 5.74) is 6.63. The van der Waals surface area contributed by atoms with Crippen LogP contribution in [0.5, 0.6) is 0 Å². The van der Waals surface area contributed by atoms with Gasteiger partial charge in [-0.2, -0.15) is 10.2 Å². The fourth-order valence-electron chi connectivity index (χ4n) is 1.26. The maximum Gasteiger partial charge on any atom is 0.254 e. The number of aromatic nitrogens is 4. The molecule has 2 aromatic rings. The number of nitrogens with one attached hydrogen (secondary N) is 2. The van der Waals surface area contributed by atoms with Gasteiger partial charge < -0.3 is 11.1 Å². The van der Waals surface area contributed by atoms with Crippen molar-refractivity contribution in [2.45, 2.75) is 6.54 Å².